The topological polar surface area (TPSA) is 42.9 Å². The molecular formula is C19H23Br2N3O. The predicted octanol–water partition coefficient (Wildman–Crippen LogP) is 5.00. The lowest BCUT2D eigenvalue weighted by atomic mass is 10.2. The maximum absolute atomic E-state index is 8.54. The summed E-state index contributed by atoms with van der Waals surface area (Å²) < 4.78 is 11.0. The molecule has 6 heteroatoms. The van der Waals surface area contributed by atoms with Gasteiger partial charge in [-0.1, -0.05) is 41.9 Å². The first kappa shape index (κ1) is 19.8. The molecule has 0 aliphatic carbocycles. The van der Waals surface area contributed by atoms with E-state index < -0.39 is 0 Å². The number of benzene rings is 2. The van der Waals surface area contributed by atoms with Gasteiger partial charge in [0.25, 0.3) is 0 Å². The Morgan fingerprint density at radius 2 is 1.60 bits per heavy atom. The number of aromatic nitrogens is 2. The van der Waals surface area contributed by atoms with Gasteiger partial charge in [-0.3, -0.25) is 5.41 Å². The van der Waals surface area contributed by atoms with Crippen LogP contribution in [0, 0.1) is 11.3 Å². The molecule has 0 radical (unpaired) electrons. The molecule has 3 aromatic rings. The second-order valence-electron chi connectivity index (χ2n) is 6.27. The Labute approximate surface area is 166 Å². The molecule has 134 valence electrons. The summed E-state index contributed by atoms with van der Waals surface area (Å²) in [5, 5.41) is 8.54. The highest BCUT2D eigenvalue weighted by Gasteiger charge is 2.11. The van der Waals surface area contributed by atoms with Crippen LogP contribution in [0.2, 0.25) is 0 Å². The van der Waals surface area contributed by atoms with E-state index in [4.69, 9.17) is 10.1 Å². The lowest BCUT2D eigenvalue weighted by molar-refractivity contribution is 0.296. The molecule has 3 rings (SSSR count). The average molecular weight is 469 g/mol. The highest BCUT2D eigenvalue weighted by Crippen LogP contribution is 2.17. The Hall–Kier alpha value is -1.53. The molecule has 25 heavy (non-hydrogen) atoms. The maximum Gasteiger partial charge on any atom is 0.203 e. The number of nitrogens with zero attached hydrogens (tertiary/aromatic N) is 2. The third-order valence-corrected chi connectivity index (χ3v) is 4.45. The van der Waals surface area contributed by atoms with E-state index in [9.17, 15) is 0 Å². The molecule has 0 aliphatic heterocycles. The summed E-state index contributed by atoms with van der Waals surface area (Å²) >= 11 is 3.42. The Balaban J connectivity index is 0.00000225. The highest BCUT2D eigenvalue weighted by molar-refractivity contribution is 9.10. The molecule has 1 aromatic heterocycles. The summed E-state index contributed by atoms with van der Waals surface area (Å²) in [5.74, 6) is 1.34. The van der Waals surface area contributed by atoms with Crippen molar-refractivity contribution in [1.29, 1.82) is 5.41 Å². The number of para-hydroxylation sites is 2. The molecule has 0 unspecified atom stereocenters. The van der Waals surface area contributed by atoms with Gasteiger partial charge in [-0.2, -0.15) is 0 Å². The van der Waals surface area contributed by atoms with Crippen molar-refractivity contribution in [3.8, 4) is 5.75 Å². The summed E-state index contributed by atoms with van der Waals surface area (Å²) in [6.07, 6.45) is 0. The summed E-state index contributed by atoms with van der Waals surface area (Å²) in [7, 11) is 0. The van der Waals surface area contributed by atoms with Crippen molar-refractivity contribution in [2.75, 3.05) is 6.61 Å². The fourth-order valence-electron chi connectivity index (χ4n) is 2.86. The number of nitrogens with one attached hydrogen (secondary N) is 1. The SMILES string of the molecule is Br.CC(C)Cn1c(=N)n(CCOc2ccc(Br)cc2)c2ccccc21. The molecule has 0 atom stereocenters. The molecule has 1 heterocycles. The lowest BCUT2D eigenvalue weighted by Gasteiger charge is -2.08. The normalized spacial score (nSPS) is 10.9. The molecule has 0 spiro atoms. The third kappa shape index (κ3) is 4.55. The Kier molecular flexibility index (Phi) is 6.90. The second kappa shape index (κ2) is 8.72. The van der Waals surface area contributed by atoms with Crippen molar-refractivity contribution < 1.29 is 4.74 Å². The van der Waals surface area contributed by atoms with E-state index in [1.807, 2.05) is 41.0 Å². The van der Waals surface area contributed by atoms with Crippen LogP contribution in [-0.4, -0.2) is 15.7 Å². The molecule has 0 fully saturated rings. The van der Waals surface area contributed by atoms with Gasteiger partial charge in [0.2, 0.25) is 5.62 Å². The quantitative estimate of drug-likeness (QED) is 0.543. The minimum atomic E-state index is 0. The molecule has 0 saturated heterocycles. The van der Waals surface area contributed by atoms with Crippen molar-refractivity contribution >= 4 is 43.9 Å². The average Bonchev–Trinajstić information content (AvgIpc) is 2.82. The van der Waals surface area contributed by atoms with Crippen LogP contribution in [-0.2, 0) is 13.1 Å². The first-order valence-corrected chi connectivity index (χ1v) is 8.96. The molecule has 0 saturated carbocycles. The number of ether oxygens (including phenoxy) is 1. The first-order valence-electron chi connectivity index (χ1n) is 8.17. The standard InChI is InChI=1S/C19H22BrN3O.BrH/c1-14(2)13-23-18-6-4-3-5-17(18)22(19(23)21)11-12-24-16-9-7-15(20)8-10-16;/h3-10,14,21H,11-13H2,1-2H3;1H. The number of hydrogen-bond acceptors (Lipinski definition) is 2. The fourth-order valence-corrected chi connectivity index (χ4v) is 3.12. The predicted molar refractivity (Wildman–Crippen MR) is 111 cm³/mol. The maximum atomic E-state index is 8.54. The van der Waals surface area contributed by atoms with E-state index in [0.29, 0.717) is 24.7 Å². The monoisotopic (exact) mass is 467 g/mol. The van der Waals surface area contributed by atoms with Crippen molar-refractivity contribution in [2.24, 2.45) is 5.92 Å². The van der Waals surface area contributed by atoms with E-state index in [1.165, 1.54) is 0 Å². The fraction of sp³-hybridized carbons (Fsp3) is 0.316. The number of rotatable bonds is 6. The van der Waals surface area contributed by atoms with Crippen LogP contribution in [0.25, 0.3) is 11.0 Å². The summed E-state index contributed by atoms with van der Waals surface area (Å²) in [4.78, 5) is 0. The lowest BCUT2D eigenvalue weighted by Crippen LogP contribution is -2.27. The Morgan fingerprint density at radius 1 is 1.00 bits per heavy atom. The van der Waals surface area contributed by atoms with E-state index in [0.717, 1.165) is 27.8 Å². The van der Waals surface area contributed by atoms with Crippen molar-refractivity contribution in [3.63, 3.8) is 0 Å². The van der Waals surface area contributed by atoms with Gasteiger partial charge in [0.1, 0.15) is 12.4 Å². The van der Waals surface area contributed by atoms with E-state index in [1.54, 1.807) is 0 Å². The van der Waals surface area contributed by atoms with Crippen molar-refractivity contribution in [3.05, 3.63) is 58.6 Å². The number of imidazole rings is 1. The molecule has 0 aliphatic rings. The number of hydrogen-bond donors (Lipinski definition) is 1. The minimum absolute atomic E-state index is 0. The van der Waals surface area contributed by atoms with Gasteiger partial charge in [0.15, 0.2) is 0 Å². The van der Waals surface area contributed by atoms with Gasteiger partial charge < -0.3 is 13.9 Å². The van der Waals surface area contributed by atoms with E-state index in [-0.39, 0.29) is 17.0 Å². The van der Waals surface area contributed by atoms with Crippen molar-refractivity contribution in [1.82, 2.24) is 9.13 Å². The summed E-state index contributed by atoms with van der Waals surface area (Å²) in [5.41, 5.74) is 2.73. The molecule has 2 aromatic carbocycles. The van der Waals surface area contributed by atoms with E-state index >= 15 is 0 Å². The zero-order valence-electron chi connectivity index (χ0n) is 14.4. The minimum Gasteiger partial charge on any atom is -0.492 e. The van der Waals surface area contributed by atoms with Gasteiger partial charge in [0, 0.05) is 11.0 Å². The van der Waals surface area contributed by atoms with Crippen LogP contribution in [0.15, 0.2) is 53.0 Å². The van der Waals surface area contributed by atoms with Gasteiger partial charge in [-0.15, -0.1) is 17.0 Å². The van der Waals surface area contributed by atoms with Crippen LogP contribution >= 0.6 is 32.9 Å². The molecule has 4 nitrogen and oxygen atoms in total. The van der Waals surface area contributed by atoms with Crippen LogP contribution < -0.4 is 10.4 Å². The zero-order chi connectivity index (χ0) is 17.1. The van der Waals surface area contributed by atoms with Crippen LogP contribution in [0.5, 0.6) is 5.75 Å². The summed E-state index contributed by atoms with van der Waals surface area (Å²) in [6.45, 7) is 6.39. The van der Waals surface area contributed by atoms with Gasteiger partial charge in [-0.05, 0) is 42.3 Å². The molecule has 0 bridgehead atoms. The van der Waals surface area contributed by atoms with Crippen LogP contribution in [0.3, 0.4) is 0 Å². The van der Waals surface area contributed by atoms with Gasteiger partial charge in [0.05, 0.1) is 17.6 Å². The second-order valence-corrected chi connectivity index (χ2v) is 7.19. The summed E-state index contributed by atoms with van der Waals surface area (Å²) in [6, 6.07) is 16.0. The van der Waals surface area contributed by atoms with Gasteiger partial charge >= 0.3 is 0 Å². The Bertz CT molecular complexity index is 882. The highest BCUT2D eigenvalue weighted by atomic mass is 79.9. The van der Waals surface area contributed by atoms with Crippen LogP contribution in [0.4, 0.5) is 0 Å². The van der Waals surface area contributed by atoms with Crippen LogP contribution in [0.1, 0.15) is 13.8 Å². The third-order valence-electron chi connectivity index (χ3n) is 3.92. The molecular weight excluding hydrogens is 446 g/mol. The smallest absolute Gasteiger partial charge is 0.203 e. The molecule has 1 N–H and O–H groups in total. The molecule has 0 amide bonds. The Morgan fingerprint density at radius 3 is 2.20 bits per heavy atom. The van der Waals surface area contributed by atoms with Crippen molar-refractivity contribution in [2.45, 2.75) is 26.9 Å². The largest absolute Gasteiger partial charge is 0.492 e. The van der Waals surface area contributed by atoms with E-state index in [2.05, 4.69) is 46.5 Å². The number of fused-ring (bicyclic) bond motifs is 1. The first-order chi connectivity index (χ1) is 11.6. The van der Waals surface area contributed by atoms with Gasteiger partial charge in [-0.25, -0.2) is 0 Å². The number of halogens is 2. The zero-order valence-corrected chi connectivity index (χ0v) is 17.7.